The smallest absolute Gasteiger partial charge is 0.318 e. The van der Waals surface area contributed by atoms with Crippen molar-refractivity contribution in [3.63, 3.8) is 0 Å². The third kappa shape index (κ3) is 6.44. The van der Waals surface area contributed by atoms with Crippen molar-refractivity contribution in [2.75, 3.05) is 28.2 Å². The Morgan fingerprint density at radius 3 is 1.40 bits per heavy atom. The van der Waals surface area contributed by atoms with E-state index in [4.69, 9.17) is 1.37 Å². The van der Waals surface area contributed by atoms with E-state index in [1.165, 1.54) is 9.80 Å². The topological polar surface area (TPSA) is 23.6 Å². The van der Waals surface area contributed by atoms with Crippen molar-refractivity contribution in [1.29, 1.82) is 0 Å². The monoisotopic (exact) mass is 371 g/mol. The molecule has 0 aliphatic heterocycles. The van der Waals surface area contributed by atoms with Crippen molar-refractivity contribution in [3.8, 4) is 0 Å². The predicted molar refractivity (Wildman–Crippen MR) is 39.2 cm³/mol. The molecular formula is C6H15N2OU-. The summed E-state index contributed by atoms with van der Waals surface area (Å²) >= 11 is 0. The molecular weight excluding hydrogens is 354 g/mol. The molecule has 0 saturated heterocycles. The molecule has 0 saturated carbocycles. The normalized spacial score (nSPS) is 7.50. The molecule has 0 spiro atoms. The molecule has 0 fully saturated rings. The minimum absolute atomic E-state index is 0. The Labute approximate surface area is 88.5 Å². The van der Waals surface area contributed by atoms with Crippen LogP contribution in [-0.4, -0.2) is 44.0 Å². The van der Waals surface area contributed by atoms with Gasteiger partial charge in [-0.3, -0.25) is 0 Å². The van der Waals surface area contributed by atoms with E-state index in [0.717, 1.165) is 0 Å². The van der Waals surface area contributed by atoms with Crippen LogP contribution in [0.4, 0.5) is 4.79 Å². The van der Waals surface area contributed by atoms with E-state index in [1.807, 2.05) is 0 Å². The van der Waals surface area contributed by atoms with Crippen molar-refractivity contribution in [2.45, 2.75) is 0 Å². The van der Waals surface area contributed by atoms with Gasteiger partial charge >= 0.3 is 6.03 Å². The number of hydrogen-bond acceptors (Lipinski definition) is 1. The van der Waals surface area contributed by atoms with Gasteiger partial charge in [-0.05, 0) is 0 Å². The molecule has 60 valence electrons. The van der Waals surface area contributed by atoms with Gasteiger partial charge < -0.3 is 17.2 Å². The number of rotatable bonds is 0. The molecule has 0 atom stereocenters. The van der Waals surface area contributed by atoms with Crippen LogP contribution in [-0.2, 0) is 0 Å². The summed E-state index contributed by atoms with van der Waals surface area (Å²) in [4.78, 5) is 13.8. The summed E-state index contributed by atoms with van der Waals surface area (Å²) in [5, 5.41) is 0. The van der Waals surface area contributed by atoms with Crippen molar-refractivity contribution in [3.05, 3.63) is 7.40 Å². The SMILES string of the molecule is CN(C)C(=O)N(C)C.[3H][CH2-].[U]. The Hall–Kier alpha value is 0.322. The van der Waals surface area contributed by atoms with Gasteiger partial charge in [0.05, 0.1) is 0 Å². The van der Waals surface area contributed by atoms with Gasteiger partial charge in [0.1, 0.15) is 0 Å². The summed E-state index contributed by atoms with van der Waals surface area (Å²) in [6.45, 7) is 0. The summed E-state index contributed by atoms with van der Waals surface area (Å²) in [5.74, 6) is 0. The van der Waals surface area contributed by atoms with Crippen LogP contribution in [0.25, 0.3) is 0 Å². The largest absolute Gasteiger partial charge is 0.358 e. The van der Waals surface area contributed by atoms with Crippen LogP contribution in [0, 0.1) is 38.5 Å². The summed E-state index contributed by atoms with van der Waals surface area (Å²) in [5.41, 5.74) is 0. The van der Waals surface area contributed by atoms with Crippen LogP contribution < -0.4 is 0 Å². The molecule has 0 aliphatic carbocycles. The molecule has 3 nitrogen and oxygen atoms in total. The molecule has 0 bridgehead atoms. The fourth-order valence-corrected chi connectivity index (χ4v) is 0.400. The van der Waals surface area contributed by atoms with Gasteiger partial charge in [-0.2, -0.15) is 0 Å². The Balaban J connectivity index is -0.000000196. The van der Waals surface area contributed by atoms with Crippen LogP contribution >= 0.6 is 0 Å². The Morgan fingerprint density at radius 2 is 1.40 bits per heavy atom. The predicted octanol–water partition coefficient (Wildman–Crippen LogP) is 0.680. The van der Waals surface area contributed by atoms with Gasteiger partial charge in [0.2, 0.25) is 0 Å². The molecule has 0 rings (SSSR count). The average Bonchev–Trinajstić information content (AvgIpc) is 1.90. The third-order valence-corrected chi connectivity index (χ3v) is 0.765. The maximum atomic E-state index is 10.7. The summed E-state index contributed by atoms with van der Waals surface area (Å²) in [6.07, 6.45) is 0. The van der Waals surface area contributed by atoms with Gasteiger partial charge in [0.15, 0.2) is 0 Å². The number of nitrogens with zero attached hydrogens (tertiary/aromatic N) is 2. The number of hydrogen-bond donors (Lipinski definition) is 0. The van der Waals surface area contributed by atoms with E-state index in [0.29, 0.717) is 0 Å². The molecule has 0 radical (unpaired) electrons. The van der Waals surface area contributed by atoms with Crippen molar-refractivity contribution >= 4 is 6.03 Å². The molecule has 0 aromatic rings. The second-order valence-corrected chi connectivity index (χ2v) is 2.07. The average molecular weight is 371 g/mol. The van der Waals surface area contributed by atoms with Crippen LogP contribution in [0.15, 0.2) is 0 Å². The molecule has 2 amide bonds. The molecule has 10 heavy (non-hydrogen) atoms. The van der Waals surface area contributed by atoms with Crippen LogP contribution in [0.1, 0.15) is 1.37 Å². The first-order chi connectivity index (χ1) is 4.55. The molecule has 0 unspecified atom stereocenters. The van der Waals surface area contributed by atoms with Crippen molar-refractivity contribution in [1.82, 2.24) is 9.80 Å². The van der Waals surface area contributed by atoms with E-state index in [-0.39, 0.29) is 37.1 Å². The minimum atomic E-state index is 0. The second-order valence-electron chi connectivity index (χ2n) is 2.07. The minimum Gasteiger partial charge on any atom is -0.358 e. The first-order valence-electron chi connectivity index (χ1n) is 3.15. The Morgan fingerprint density at radius 1 is 1.20 bits per heavy atom. The van der Waals surface area contributed by atoms with Gasteiger partial charge in [-0.1, -0.05) is 0 Å². The van der Waals surface area contributed by atoms with E-state index in [2.05, 4.69) is 7.40 Å². The zero-order valence-electron chi connectivity index (χ0n) is 8.01. The van der Waals surface area contributed by atoms with Crippen molar-refractivity contribution in [2.24, 2.45) is 0 Å². The van der Waals surface area contributed by atoms with E-state index in [9.17, 15) is 4.79 Å². The quantitative estimate of drug-likeness (QED) is 0.575. The van der Waals surface area contributed by atoms with Gasteiger partial charge in [-0.25, -0.2) is 6.17 Å². The summed E-state index contributed by atoms with van der Waals surface area (Å²) in [6, 6.07) is 0.0185. The van der Waals surface area contributed by atoms with E-state index >= 15 is 0 Å². The van der Waals surface area contributed by atoms with Crippen LogP contribution in [0.2, 0.25) is 0 Å². The number of carbonyl (C=O) groups is 1. The number of amides is 2. The van der Waals surface area contributed by atoms with Crippen molar-refractivity contribution < 1.29 is 37.3 Å². The summed E-state index contributed by atoms with van der Waals surface area (Å²) in [7, 11) is 9.40. The maximum Gasteiger partial charge on any atom is 0.318 e. The molecule has 0 aromatic heterocycles. The first kappa shape index (κ1) is 13.0. The fourth-order valence-electron chi connectivity index (χ4n) is 0.400. The maximum absolute atomic E-state index is 10.7. The Bertz CT molecular complexity index is 88.6. The molecule has 0 aliphatic rings. The van der Waals surface area contributed by atoms with Gasteiger partial charge in [0.25, 0.3) is 0 Å². The third-order valence-electron chi connectivity index (χ3n) is 0.765. The van der Waals surface area contributed by atoms with Gasteiger partial charge in [-0.15, -0.1) is 0 Å². The zero-order valence-corrected chi connectivity index (χ0v) is 11.2. The number of carbonyl (C=O) groups excluding carboxylic acids is 1. The van der Waals surface area contributed by atoms with E-state index < -0.39 is 0 Å². The van der Waals surface area contributed by atoms with Crippen LogP contribution in [0.5, 0.6) is 0 Å². The first-order valence-corrected chi connectivity index (χ1v) is 2.44. The molecule has 4 heteroatoms. The fraction of sp³-hybridized carbons (Fsp3) is 0.667. The standard InChI is InChI=1S/C5H12N2O.CH3.U/c1-6(2)5(8)7(3)4;;/h1-4H3;1H3;/q;-1;/i;1T;. The second kappa shape index (κ2) is 7.43. The summed E-state index contributed by atoms with van der Waals surface area (Å²) < 4.78 is 5.50. The number of urea groups is 1. The Kier molecular flexibility index (Phi) is 9.62. The molecule has 0 heterocycles. The molecule has 0 N–H and O–H groups in total. The van der Waals surface area contributed by atoms with Gasteiger partial charge in [0, 0.05) is 59.3 Å². The zero-order chi connectivity index (χ0) is 8.73. The van der Waals surface area contributed by atoms with Crippen LogP contribution in [0.3, 0.4) is 0 Å². The van der Waals surface area contributed by atoms with E-state index in [1.54, 1.807) is 28.2 Å². The molecule has 0 aromatic carbocycles.